The topological polar surface area (TPSA) is 103 Å². The van der Waals surface area contributed by atoms with Crippen molar-refractivity contribution in [1.82, 2.24) is 0 Å². The number of nitro groups is 2. The van der Waals surface area contributed by atoms with E-state index in [1.54, 1.807) is 6.08 Å². The van der Waals surface area contributed by atoms with Crippen molar-refractivity contribution in [1.29, 1.82) is 0 Å². The van der Waals surface area contributed by atoms with Gasteiger partial charge >= 0.3 is 0 Å². The number of nitro benzene ring substituents is 1. The van der Waals surface area contributed by atoms with Gasteiger partial charge in [-0.15, -0.1) is 0 Å². The second-order valence-corrected chi connectivity index (χ2v) is 4.34. The molecule has 0 aromatic heterocycles. The molecule has 7 nitrogen and oxygen atoms in total. The first-order valence-electron chi connectivity index (χ1n) is 5.60. The molecule has 0 saturated carbocycles. The van der Waals surface area contributed by atoms with Crippen molar-refractivity contribution in [2.45, 2.75) is 0 Å². The van der Waals surface area contributed by atoms with Gasteiger partial charge in [0.25, 0.3) is 11.4 Å². The summed E-state index contributed by atoms with van der Waals surface area (Å²) in [6.45, 7) is 0. The Morgan fingerprint density at radius 2 is 1.65 bits per heavy atom. The van der Waals surface area contributed by atoms with Crippen molar-refractivity contribution < 1.29 is 14.6 Å². The molecular formula is C13H6N2O5. The van der Waals surface area contributed by atoms with Crippen LogP contribution < -0.4 is 0 Å². The molecule has 2 aliphatic carbocycles. The van der Waals surface area contributed by atoms with Crippen LogP contribution in [0.25, 0.3) is 11.6 Å². The molecule has 0 atom stereocenters. The number of carbonyl (C=O) groups excluding carboxylic acids is 1. The van der Waals surface area contributed by atoms with Crippen molar-refractivity contribution in [3.63, 3.8) is 0 Å². The Morgan fingerprint density at radius 3 is 2.30 bits per heavy atom. The summed E-state index contributed by atoms with van der Waals surface area (Å²) in [5, 5.41) is 21.6. The van der Waals surface area contributed by atoms with Crippen LogP contribution in [0.15, 0.2) is 41.6 Å². The zero-order chi connectivity index (χ0) is 14.4. The van der Waals surface area contributed by atoms with Crippen LogP contribution >= 0.6 is 0 Å². The largest absolute Gasteiger partial charge is 0.289 e. The summed E-state index contributed by atoms with van der Waals surface area (Å²) < 4.78 is 0. The van der Waals surface area contributed by atoms with E-state index in [-0.39, 0.29) is 11.4 Å². The molecule has 20 heavy (non-hydrogen) atoms. The molecule has 0 N–H and O–H groups in total. The lowest BCUT2D eigenvalue weighted by Crippen LogP contribution is -2.09. The molecule has 0 bridgehead atoms. The molecule has 7 heteroatoms. The van der Waals surface area contributed by atoms with Gasteiger partial charge in [-0.2, -0.15) is 0 Å². The lowest BCUT2D eigenvalue weighted by atomic mass is 9.94. The van der Waals surface area contributed by atoms with Crippen LogP contribution in [0.4, 0.5) is 5.69 Å². The van der Waals surface area contributed by atoms with E-state index in [0.717, 1.165) is 6.08 Å². The van der Waals surface area contributed by atoms with E-state index >= 15 is 0 Å². The fourth-order valence-electron chi connectivity index (χ4n) is 2.26. The molecule has 98 valence electrons. The Hall–Kier alpha value is -3.09. The second kappa shape index (κ2) is 3.95. The van der Waals surface area contributed by atoms with Gasteiger partial charge in [-0.05, 0) is 23.3 Å². The first-order chi connectivity index (χ1) is 9.47. The summed E-state index contributed by atoms with van der Waals surface area (Å²) in [6.07, 6.45) is 3.80. The minimum Gasteiger partial charge on any atom is -0.289 e. The van der Waals surface area contributed by atoms with Crippen LogP contribution in [0.1, 0.15) is 11.1 Å². The van der Waals surface area contributed by atoms with Crippen LogP contribution in [-0.2, 0) is 4.79 Å². The predicted octanol–water partition coefficient (Wildman–Crippen LogP) is 2.12. The predicted molar refractivity (Wildman–Crippen MR) is 69.1 cm³/mol. The average Bonchev–Trinajstić information content (AvgIpc) is 2.77. The fraction of sp³-hybridized carbons (Fsp3) is 0. The van der Waals surface area contributed by atoms with Gasteiger partial charge in [0.2, 0.25) is 0 Å². The van der Waals surface area contributed by atoms with Crippen LogP contribution in [0.2, 0.25) is 0 Å². The van der Waals surface area contributed by atoms with E-state index in [4.69, 9.17) is 0 Å². The van der Waals surface area contributed by atoms with Gasteiger partial charge in [0.1, 0.15) is 0 Å². The van der Waals surface area contributed by atoms with Crippen molar-refractivity contribution in [3.05, 3.63) is 73.0 Å². The summed E-state index contributed by atoms with van der Waals surface area (Å²) in [4.78, 5) is 32.2. The van der Waals surface area contributed by atoms with Gasteiger partial charge in [-0.1, -0.05) is 0 Å². The molecule has 0 heterocycles. The molecular weight excluding hydrogens is 264 g/mol. The van der Waals surface area contributed by atoms with Gasteiger partial charge in [0, 0.05) is 29.4 Å². The average molecular weight is 270 g/mol. The van der Waals surface area contributed by atoms with Crippen molar-refractivity contribution in [2.24, 2.45) is 0 Å². The maximum absolute atomic E-state index is 11.9. The number of non-ortho nitro benzene ring substituents is 1. The van der Waals surface area contributed by atoms with Crippen molar-refractivity contribution in [2.75, 3.05) is 0 Å². The third-order valence-corrected chi connectivity index (χ3v) is 3.18. The summed E-state index contributed by atoms with van der Waals surface area (Å²) in [6, 6.07) is 4.18. The third kappa shape index (κ3) is 1.64. The molecule has 0 unspecified atom stereocenters. The van der Waals surface area contributed by atoms with Crippen molar-refractivity contribution >= 4 is 23.1 Å². The van der Waals surface area contributed by atoms with Crippen molar-refractivity contribution in [3.8, 4) is 0 Å². The standard InChI is InChI=1S/C13H6N2O5/c16-13-6-9(15(19)20)5-11-10-4-8(14(17)18)2-1-7(10)3-12(11)13/h1-6H. The number of allylic oxidation sites excluding steroid dienone is 4. The van der Waals surface area contributed by atoms with Gasteiger partial charge in [0.05, 0.1) is 15.9 Å². The number of nitrogens with zero attached hydrogens (tertiary/aromatic N) is 2. The highest BCUT2D eigenvalue weighted by molar-refractivity contribution is 6.23. The van der Waals surface area contributed by atoms with E-state index in [0.29, 0.717) is 22.3 Å². The molecule has 0 amide bonds. The van der Waals surface area contributed by atoms with Crippen LogP contribution in [0.3, 0.4) is 0 Å². The second-order valence-electron chi connectivity index (χ2n) is 4.34. The van der Waals surface area contributed by atoms with E-state index < -0.39 is 15.6 Å². The Morgan fingerprint density at radius 1 is 0.900 bits per heavy atom. The number of hydrogen-bond donors (Lipinski definition) is 0. The van der Waals surface area contributed by atoms with E-state index in [2.05, 4.69) is 0 Å². The Bertz CT molecular complexity index is 786. The van der Waals surface area contributed by atoms with Gasteiger partial charge in [-0.3, -0.25) is 25.0 Å². The highest BCUT2D eigenvalue weighted by atomic mass is 16.6. The third-order valence-electron chi connectivity index (χ3n) is 3.18. The van der Waals surface area contributed by atoms with E-state index in [1.165, 1.54) is 24.3 Å². The molecule has 2 aliphatic rings. The minimum atomic E-state index is -0.656. The monoisotopic (exact) mass is 270 g/mol. The summed E-state index contributed by atoms with van der Waals surface area (Å²) in [7, 11) is 0. The van der Waals surface area contributed by atoms with Crippen LogP contribution in [-0.4, -0.2) is 15.6 Å². The van der Waals surface area contributed by atoms with Gasteiger partial charge in [-0.25, -0.2) is 0 Å². The Labute approximate surface area is 111 Å². The molecule has 0 fully saturated rings. The number of ketones is 1. The molecule has 0 spiro atoms. The molecule has 3 rings (SSSR count). The first kappa shape index (κ1) is 12.0. The molecule has 1 aromatic carbocycles. The minimum absolute atomic E-state index is 0.121. The SMILES string of the molecule is O=C1C=C([N+](=O)[O-])C=C2C1=Cc1ccc([N+](=O)[O-])cc12. The first-order valence-corrected chi connectivity index (χ1v) is 5.60. The highest BCUT2D eigenvalue weighted by Crippen LogP contribution is 2.40. The molecule has 0 aliphatic heterocycles. The normalized spacial score (nSPS) is 15.8. The van der Waals surface area contributed by atoms with Crippen LogP contribution in [0, 0.1) is 20.2 Å². The van der Waals surface area contributed by atoms with Gasteiger partial charge in [0.15, 0.2) is 5.78 Å². The fourth-order valence-corrected chi connectivity index (χ4v) is 2.26. The summed E-state index contributed by atoms with van der Waals surface area (Å²) >= 11 is 0. The number of carbonyl (C=O) groups is 1. The van der Waals surface area contributed by atoms with E-state index in [1.807, 2.05) is 0 Å². The lowest BCUT2D eigenvalue weighted by molar-refractivity contribution is -0.418. The molecule has 1 aromatic rings. The Balaban J connectivity index is 2.19. The van der Waals surface area contributed by atoms with E-state index in [9.17, 15) is 25.0 Å². The number of hydrogen-bond acceptors (Lipinski definition) is 5. The maximum atomic E-state index is 11.9. The number of rotatable bonds is 2. The van der Waals surface area contributed by atoms with Gasteiger partial charge < -0.3 is 0 Å². The smallest absolute Gasteiger partial charge is 0.273 e. The molecule has 0 radical (unpaired) electrons. The summed E-state index contributed by atoms with van der Waals surface area (Å²) in [5.41, 5.74) is 1.36. The number of fused-ring (bicyclic) bond motifs is 3. The van der Waals surface area contributed by atoms with Crippen LogP contribution in [0.5, 0.6) is 0 Å². The lowest BCUT2D eigenvalue weighted by Gasteiger charge is -2.08. The highest BCUT2D eigenvalue weighted by Gasteiger charge is 2.31. The zero-order valence-electron chi connectivity index (χ0n) is 9.90. The maximum Gasteiger partial charge on any atom is 0.273 e. The molecule has 0 saturated heterocycles. The Kier molecular flexibility index (Phi) is 2.37. The number of benzene rings is 1. The summed E-state index contributed by atoms with van der Waals surface area (Å²) in [5.74, 6) is -0.465. The quantitative estimate of drug-likeness (QED) is 0.604. The zero-order valence-corrected chi connectivity index (χ0v) is 9.90.